The van der Waals surface area contributed by atoms with E-state index < -0.39 is 4.92 Å². The molecule has 0 aromatic heterocycles. The molecule has 7 heteroatoms. The van der Waals surface area contributed by atoms with Crippen LogP contribution in [0.5, 0.6) is 0 Å². The highest BCUT2D eigenvalue weighted by atomic mass is 16.6. The Bertz CT molecular complexity index is 659. The van der Waals surface area contributed by atoms with E-state index in [1.807, 2.05) is 24.3 Å². The number of nitrogens with one attached hydrogen (secondary N) is 2. The van der Waals surface area contributed by atoms with Crippen LogP contribution >= 0.6 is 0 Å². The number of hydrogen-bond donors (Lipinski definition) is 4. The van der Waals surface area contributed by atoms with E-state index in [1.54, 1.807) is 6.07 Å². The maximum absolute atomic E-state index is 10.9. The summed E-state index contributed by atoms with van der Waals surface area (Å²) in [6.45, 7) is 0.811. The third kappa shape index (κ3) is 4.67. The number of nitro benzene ring substituents is 1. The van der Waals surface area contributed by atoms with Crippen LogP contribution in [0, 0.1) is 10.1 Å². The zero-order valence-corrected chi connectivity index (χ0v) is 12.5. The van der Waals surface area contributed by atoms with Crippen LogP contribution in [0.1, 0.15) is 11.1 Å². The average molecular weight is 317 g/mol. The third-order valence-electron chi connectivity index (χ3n) is 3.33. The van der Waals surface area contributed by atoms with Crippen molar-refractivity contribution in [1.82, 2.24) is 0 Å². The summed E-state index contributed by atoms with van der Waals surface area (Å²) in [6.07, 6.45) is 0. The van der Waals surface area contributed by atoms with E-state index in [0.29, 0.717) is 24.5 Å². The summed E-state index contributed by atoms with van der Waals surface area (Å²) in [5.41, 5.74) is 3.10. The van der Waals surface area contributed by atoms with Gasteiger partial charge < -0.3 is 20.8 Å². The van der Waals surface area contributed by atoms with Crippen LogP contribution in [-0.4, -0.2) is 28.3 Å². The second-order valence-corrected chi connectivity index (χ2v) is 4.97. The summed E-state index contributed by atoms with van der Waals surface area (Å²) >= 11 is 0. The van der Waals surface area contributed by atoms with Gasteiger partial charge in [0.15, 0.2) is 0 Å². The molecule has 0 fully saturated rings. The van der Waals surface area contributed by atoms with Crippen LogP contribution in [0.2, 0.25) is 0 Å². The van der Waals surface area contributed by atoms with Crippen molar-refractivity contribution in [2.45, 2.75) is 13.2 Å². The summed E-state index contributed by atoms with van der Waals surface area (Å²) < 4.78 is 0. The van der Waals surface area contributed by atoms with Crippen molar-refractivity contribution < 1.29 is 15.1 Å². The number of benzene rings is 2. The van der Waals surface area contributed by atoms with Gasteiger partial charge >= 0.3 is 0 Å². The van der Waals surface area contributed by atoms with Gasteiger partial charge in [0.25, 0.3) is 5.69 Å². The van der Waals surface area contributed by atoms with Crippen LogP contribution in [0.4, 0.5) is 17.1 Å². The van der Waals surface area contributed by atoms with Gasteiger partial charge in [0.05, 0.1) is 29.5 Å². The van der Waals surface area contributed by atoms with Gasteiger partial charge in [-0.2, -0.15) is 0 Å². The number of anilines is 2. The first-order valence-electron chi connectivity index (χ1n) is 7.19. The van der Waals surface area contributed by atoms with Crippen molar-refractivity contribution in [1.29, 1.82) is 0 Å². The summed E-state index contributed by atoms with van der Waals surface area (Å²) in [5.74, 6) is 0. The minimum absolute atomic E-state index is 0.00215. The fraction of sp³-hybridized carbons (Fsp3) is 0.250. The Morgan fingerprint density at radius 1 is 0.957 bits per heavy atom. The van der Waals surface area contributed by atoms with Crippen LogP contribution in [0.3, 0.4) is 0 Å². The number of hydrogen-bond acceptors (Lipinski definition) is 6. The number of aliphatic hydroxyl groups is 2. The molecule has 122 valence electrons. The lowest BCUT2D eigenvalue weighted by Crippen LogP contribution is -2.09. The molecule has 0 amide bonds. The van der Waals surface area contributed by atoms with E-state index in [4.69, 9.17) is 10.2 Å². The molecule has 4 N–H and O–H groups in total. The van der Waals surface area contributed by atoms with Crippen LogP contribution < -0.4 is 10.6 Å². The lowest BCUT2D eigenvalue weighted by molar-refractivity contribution is -0.384. The molecule has 0 aliphatic rings. The van der Waals surface area contributed by atoms with Gasteiger partial charge in [-0.1, -0.05) is 24.3 Å². The molecule has 0 radical (unpaired) electrons. The molecule has 0 aliphatic carbocycles. The first kappa shape index (κ1) is 16.7. The van der Waals surface area contributed by atoms with E-state index in [9.17, 15) is 10.1 Å². The van der Waals surface area contributed by atoms with Crippen molar-refractivity contribution in [3.05, 3.63) is 63.7 Å². The molecule has 2 rings (SSSR count). The predicted molar refractivity (Wildman–Crippen MR) is 88.4 cm³/mol. The maximum atomic E-state index is 10.9. The van der Waals surface area contributed by atoms with E-state index in [0.717, 1.165) is 11.1 Å². The molecule has 0 atom stereocenters. The molecule has 0 unspecified atom stereocenters. The monoisotopic (exact) mass is 317 g/mol. The molecular formula is C16H19N3O4. The van der Waals surface area contributed by atoms with Crippen LogP contribution in [-0.2, 0) is 13.2 Å². The molecule has 2 aromatic carbocycles. The van der Waals surface area contributed by atoms with E-state index >= 15 is 0 Å². The Balaban J connectivity index is 2.14. The maximum Gasteiger partial charge on any atom is 0.271 e. The van der Waals surface area contributed by atoms with Gasteiger partial charge in [-0.25, -0.2) is 0 Å². The number of non-ortho nitro benzene ring substituents is 1. The van der Waals surface area contributed by atoms with Gasteiger partial charge in [0, 0.05) is 25.2 Å². The van der Waals surface area contributed by atoms with Crippen molar-refractivity contribution in [2.75, 3.05) is 23.8 Å². The molecule has 0 spiro atoms. The van der Waals surface area contributed by atoms with Gasteiger partial charge in [0.1, 0.15) is 0 Å². The largest absolute Gasteiger partial charge is 0.395 e. The first-order valence-corrected chi connectivity index (χ1v) is 7.19. The Hall–Kier alpha value is -2.64. The van der Waals surface area contributed by atoms with Gasteiger partial charge in [-0.3, -0.25) is 10.1 Å². The highest BCUT2D eigenvalue weighted by Gasteiger charge is 2.10. The second kappa shape index (κ2) is 8.11. The Morgan fingerprint density at radius 2 is 1.65 bits per heavy atom. The normalized spacial score (nSPS) is 10.3. The zero-order chi connectivity index (χ0) is 16.7. The van der Waals surface area contributed by atoms with Crippen LogP contribution in [0.25, 0.3) is 0 Å². The van der Waals surface area contributed by atoms with Crippen molar-refractivity contribution in [3.63, 3.8) is 0 Å². The summed E-state index contributed by atoms with van der Waals surface area (Å²) in [6, 6.07) is 11.9. The molecule has 0 saturated heterocycles. The third-order valence-corrected chi connectivity index (χ3v) is 3.33. The smallest absolute Gasteiger partial charge is 0.271 e. The lowest BCUT2D eigenvalue weighted by atomic mass is 10.1. The molecule has 0 heterocycles. The molecule has 23 heavy (non-hydrogen) atoms. The van der Waals surface area contributed by atoms with Gasteiger partial charge in [0.2, 0.25) is 0 Å². The highest BCUT2D eigenvalue weighted by molar-refractivity contribution is 5.72. The van der Waals surface area contributed by atoms with E-state index in [-0.39, 0.29) is 18.9 Å². The van der Waals surface area contributed by atoms with E-state index in [1.165, 1.54) is 12.1 Å². The van der Waals surface area contributed by atoms with Crippen LogP contribution in [0.15, 0.2) is 42.5 Å². The van der Waals surface area contributed by atoms with Crippen molar-refractivity contribution >= 4 is 17.1 Å². The molecule has 2 aromatic rings. The molecular weight excluding hydrogens is 298 g/mol. The molecule has 0 aliphatic heterocycles. The van der Waals surface area contributed by atoms with E-state index in [2.05, 4.69) is 10.6 Å². The molecule has 0 saturated carbocycles. The Morgan fingerprint density at radius 3 is 2.26 bits per heavy atom. The predicted octanol–water partition coefficient (Wildman–Crippen LogP) is 2.10. The van der Waals surface area contributed by atoms with Gasteiger partial charge in [-0.15, -0.1) is 0 Å². The average Bonchev–Trinajstić information content (AvgIpc) is 2.58. The SMILES string of the molecule is O=[N+]([O-])c1ccc(NCCO)c(NCc2ccc(CO)cc2)c1. The lowest BCUT2D eigenvalue weighted by Gasteiger charge is -2.13. The summed E-state index contributed by atoms with van der Waals surface area (Å²) in [7, 11) is 0. The number of rotatable bonds is 8. The second-order valence-electron chi connectivity index (χ2n) is 4.97. The topological polar surface area (TPSA) is 108 Å². The Kier molecular flexibility index (Phi) is 5.90. The quantitative estimate of drug-likeness (QED) is 0.439. The first-order chi connectivity index (χ1) is 11.1. The highest BCUT2D eigenvalue weighted by Crippen LogP contribution is 2.27. The zero-order valence-electron chi connectivity index (χ0n) is 12.5. The van der Waals surface area contributed by atoms with Crippen molar-refractivity contribution in [2.24, 2.45) is 0 Å². The summed E-state index contributed by atoms with van der Waals surface area (Å²) in [4.78, 5) is 10.5. The standard InChI is InChI=1S/C16H19N3O4/c20-8-7-17-15-6-5-14(19(22)23)9-16(15)18-10-12-1-3-13(11-21)4-2-12/h1-6,9,17-18,20-21H,7-8,10-11H2. The number of nitrogens with zero attached hydrogens (tertiary/aromatic N) is 1. The minimum atomic E-state index is -0.447. The fourth-order valence-electron chi connectivity index (χ4n) is 2.10. The Labute approximate surface area is 133 Å². The molecule has 7 nitrogen and oxygen atoms in total. The number of nitro groups is 1. The summed E-state index contributed by atoms with van der Waals surface area (Å²) in [5, 5.41) is 35.0. The molecule has 0 bridgehead atoms. The number of aliphatic hydroxyl groups excluding tert-OH is 2. The van der Waals surface area contributed by atoms with Gasteiger partial charge in [-0.05, 0) is 17.2 Å². The van der Waals surface area contributed by atoms with Crippen molar-refractivity contribution in [3.8, 4) is 0 Å². The fourth-order valence-corrected chi connectivity index (χ4v) is 2.10. The minimum Gasteiger partial charge on any atom is -0.395 e.